The topological polar surface area (TPSA) is 52.5 Å². The molecule has 5 heteroatoms. The first-order chi connectivity index (χ1) is 9.35. The monoisotopic (exact) mass is 278 g/mol. The number of aliphatic hydroxyl groups is 1. The Hall–Kier alpha value is -1.20. The van der Waals surface area contributed by atoms with Crippen LogP contribution in [0.3, 0.4) is 0 Å². The molecule has 0 radical (unpaired) electrons. The largest absolute Gasteiger partial charge is 0.389 e. The third kappa shape index (κ3) is 4.15. The Labute approximate surface area is 121 Å². The molecule has 20 heavy (non-hydrogen) atoms. The summed E-state index contributed by atoms with van der Waals surface area (Å²) in [5.74, 6) is 1.44. The fourth-order valence-electron chi connectivity index (χ4n) is 2.53. The molecule has 0 unspecified atom stereocenters. The maximum atomic E-state index is 9.87. The van der Waals surface area contributed by atoms with Crippen molar-refractivity contribution >= 4 is 5.82 Å². The molecule has 1 saturated heterocycles. The molecule has 0 saturated carbocycles. The van der Waals surface area contributed by atoms with Gasteiger partial charge in [0.1, 0.15) is 12.1 Å². The molecule has 1 aromatic heterocycles. The zero-order valence-corrected chi connectivity index (χ0v) is 13.0. The summed E-state index contributed by atoms with van der Waals surface area (Å²) in [6.07, 6.45) is 1.66. The lowest BCUT2D eigenvalue weighted by Crippen LogP contribution is -2.50. The van der Waals surface area contributed by atoms with Crippen molar-refractivity contribution in [2.24, 2.45) is 0 Å². The lowest BCUT2D eigenvalue weighted by molar-refractivity contribution is 0.0344. The first kappa shape index (κ1) is 15.2. The second kappa shape index (κ2) is 6.06. The fourth-order valence-corrected chi connectivity index (χ4v) is 2.53. The predicted molar refractivity (Wildman–Crippen MR) is 81.1 cm³/mol. The maximum Gasteiger partial charge on any atom is 0.132 e. The van der Waals surface area contributed by atoms with Gasteiger partial charge < -0.3 is 10.0 Å². The van der Waals surface area contributed by atoms with Gasteiger partial charge in [-0.15, -0.1) is 0 Å². The highest BCUT2D eigenvalue weighted by Gasteiger charge is 2.23. The average molecular weight is 278 g/mol. The van der Waals surface area contributed by atoms with Gasteiger partial charge in [0.25, 0.3) is 0 Å². The van der Waals surface area contributed by atoms with Crippen LogP contribution in [0.5, 0.6) is 0 Å². The summed E-state index contributed by atoms with van der Waals surface area (Å²) in [6, 6.07) is 2.09. The molecule has 0 aromatic carbocycles. The average Bonchev–Trinajstić information content (AvgIpc) is 2.38. The van der Waals surface area contributed by atoms with E-state index in [-0.39, 0.29) is 0 Å². The Balaban J connectivity index is 1.95. The SMILES string of the molecule is CC(C)c1cc(N2CCN(CC(C)(C)O)CC2)ncn1. The van der Waals surface area contributed by atoms with Crippen molar-refractivity contribution < 1.29 is 5.11 Å². The molecule has 0 amide bonds. The zero-order valence-electron chi connectivity index (χ0n) is 13.0. The van der Waals surface area contributed by atoms with Gasteiger partial charge in [-0.3, -0.25) is 4.90 Å². The Bertz CT molecular complexity index is 434. The van der Waals surface area contributed by atoms with E-state index in [0.717, 1.165) is 44.2 Å². The van der Waals surface area contributed by atoms with Crippen molar-refractivity contribution in [1.82, 2.24) is 14.9 Å². The van der Waals surface area contributed by atoms with E-state index >= 15 is 0 Å². The lowest BCUT2D eigenvalue weighted by Gasteiger charge is -2.37. The quantitative estimate of drug-likeness (QED) is 0.904. The van der Waals surface area contributed by atoms with Crippen LogP contribution in [0.25, 0.3) is 0 Å². The van der Waals surface area contributed by atoms with E-state index in [4.69, 9.17) is 0 Å². The molecule has 1 N–H and O–H groups in total. The molecular weight excluding hydrogens is 252 g/mol. The van der Waals surface area contributed by atoms with Crippen LogP contribution in [0.2, 0.25) is 0 Å². The number of anilines is 1. The standard InChI is InChI=1S/C15H26N4O/c1-12(2)13-9-14(17-11-16-13)19-7-5-18(6-8-19)10-15(3,4)20/h9,11-12,20H,5-8,10H2,1-4H3. The van der Waals surface area contributed by atoms with Gasteiger partial charge in [0.15, 0.2) is 0 Å². The van der Waals surface area contributed by atoms with Crippen LogP contribution < -0.4 is 4.90 Å². The second-order valence-corrected chi connectivity index (χ2v) is 6.53. The van der Waals surface area contributed by atoms with Crippen molar-refractivity contribution in [1.29, 1.82) is 0 Å². The fraction of sp³-hybridized carbons (Fsp3) is 0.733. The van der Waals surface area contributed by atoms with E-state index in [1.54, 1.807) is 6.33 Å². The van der Waals surface area contributed by atoms with Crippen LogP contribution in [0, 0.1) is 0 Å². The Morgan fingerprint density at radius 2 is 1.85 bits per heavy atom. The van der Waals surface area contributed by atoms with E-state index in [1.165, 1.54) is 0 Å². The van der Waals surface area contributed by atoms with Gasteiger partial charge in [-0.2, -0.15) is 0 Å². The van der Waals surface area contributed by atoms with E-state index in [0.29, 0.717) is 5.92 Å². The van der Waals surface area contributed by atoms with Crippen LogP contribution in [-0.4, -0.2) is 58.3 Å². The van der Waals surface area contributed by atoms with Gasteiger partial charge in [-0.1, -0.05) is 13.8 Å². The zero-order chi connectivity index (χ0) is 14.8. The molecule has 0 spiro atoms. The number of piperazine rings is 1. The minimum absolute atomic E-state index is 0.424. The molecular formula is C15H26N4O. The highest BCUT2D eigenvalue weighted by molar-refractivity contribution is 5.40. The third-order valence-electron chi connectivity index (χ3n) is 3.57. The van der Waals surface area contributed by atoms with Gasteiger partial charge in [-0.05, 0) is 19.8 Å². The summed E-state index contributed by atoms with van der Waals surface area (Å²) >= 11 is 0. The van der Waals surface area contributed by atoms with Gasteiger partial charge in [0.05, 0.1) is 5.60 Å². The minimum atomic E-state index is -0.623. The minimum Gasteiger partial charge on any atom is -0.389 e. The van der Waals surface area contributed by atoms with Gasteiger partial charge >= 0.3 is 0 Å². The molecule has 2 rings (SSSR count). The summed E-state index contributed by atoms with van der Waals surface area (Å²) in [4.78, 5) is 13.3. The van der Waals surface area contributed by atoms with Crippen molar-refractivity contribution in [2.75, 3.05) is 37.6 Å². The molecule has 5 nitrogen and oxygen atoms in total. The number of aromatic nitrogens is 2. The number of rotatable bonds is 4. The number of hydrogen-bond donors (Lipinski definition) is 1. The predicted octanol–water partition coefficient (Wildman–Crippen LogP) is 1.49. The van der Waals surface area contributed by atoms with Crippen LogP contribution >= 0.6 is 0 Å². The van der Waals surface area contributed by atoms with Gasteiger partial charge in [0.2, 0.25) is 0 Å². The maximum absolute atomic E-state index is 9.87. The van der Waals surface area contributed by atoms with E-state index < -0.39 is 5.60 Å². The molecule has 1 aromatic rings. The highest BCUT2D eigenvalue weighted by atomic mass is 16.3. The van der Waals surface area contributed by atoms with Crippen molar-refractivity contribution in [3.8, 4) is 0 Å². The van der Waals surface area contributed by atoms with E-state index in [2.05, 4.69) is 39.7 Å². The summed E-state index contributed by atoms with van der Waals surface area (Å²) < 4.78 is 0. The molecule has 1 aliphatic rings. The summed E-state index contributed by atoms with van der Waals surface area (Å²) in [6.45, 7) is 12.6. The molecule has 1 fully saturated rings. The van der Waals surface area contributed by atoms with Crippen LogP contribution in [0.4, 0.5) is 5.82 Å². The Morgan fingerprint density at radius 3 is 2.40 bits per heavy atom. The first-order valence-electron chi connectivity index (χ1n) is 7.37. The third-order valence-corrected chi connectivity index (χ3v) is 3.57. The van der Waals surface area contributed by atoms with E-state index in [1.807, 2.05) is 13.8 Å². The number of hydrogen-bond acceptors (Lipinski definition) is 5. The van der Waals surface area contributed by atoms with Crippen LogP contribution in [0.15, 0.2) is 12.4 Å². The first-order valence-corrected chi connectivity index (χ1v) is 7.37. The lowest BCUT2D eigenvalue weighted by atomic mass is 10.1. The summed E-state index contributed by atoms with van der Waals surface area (Å²) in [5.41, 5.74) is 0.468. The summed E-state index contributed by atoms with van der Waals surface area (Å²) in [7, 11) is 0. The van der Waals surface area contributed by atoms with Crippen molar-refractivity contribution in [3.05, 3.63) is 18.1 Å². The normalized spacial score (nSPS) is 17.8. The number of β-amino-alcohol motifs (C(OH)–C–C–N with tert-alkyl or cyclic N) is 1. The van der Waals surface area contributed by atoms with Crippen LogP contribution in [0.1, 0.15) is 39.3 Å². The van der Waals surface area contributed by atoms with Gasteiger partial charge in [0, 0.05) is 44.5 Å². The molecule has 1 aliphatic heterocycles. The molecule has 112 valence electrons. The Kier molecular flexibility index (Phi) is 4.60. The van der Waals surface area contributed by atoms with Crippen molar-refractivity contribution in [2.45, 2.75) is 39.2 Å². The second-order valence-electron chi connectivity index (χ2n) is 6.53. The Morgan fingerprint density at radius 1 is 1.20 bits per heavy atom. The molecule has 0 bridgehead atoms. The van der Waals surface area contributed by atoms with Crippen molar-refractivity contribution in [3.63, 3.8) is 0 Å². The molecule has 2 heterocycles. The summed E-state index contributed by atoms with van der Waals surface area (Å²) in [5, 5.41) is 9.87. The highest BCUT2D eigenvalue weighted by Crippen LogP contribution is 2.18. The molecule has 0 atom stereocenters. The number of nitrogens with zero attached hydrogens (tertiary/aromatic N) is 4. The van der Waals surface area contributed by atoms with Crippen LogP contribution in [-0.2, 0) is 0 Å². The smallest absolute Gasteiger partial charge is 0.132 e. The molecule has 0 aliphatic carbocycles. The van der Waals surface area contributed by atoms with Gasteiger partial charge in [-0.25, -0.2) is 9.97 Å². The van der Waals surface area contributed by atoms with E-state index in [9.17, 15) is 5.11 Å².